The van der Waals surface area contributed by atoms with Gasteiger partial charge in [-0.25, -0.2) is 4.68 Å². The third kappa shape index (κ3) is 4.14. The molecule has 1 amide bonds. The highest BCUT2D eigenvalue weighted by Gasteiger charge is 2.41. The molecule has 0 aliphatic rings. The number of carbonyl (C=O) groups excluding carboxylic acids is 1. The Morgan fingerprint density at radius 2 is 1.73 bits per heavy atom. The van der Waals surface area contributed by atoms with Crippen molar-refractivity contribution in [2.75, 3.05) is 5.32 Å². The predicted molar refractivity (Wildman–Crippen MR) is 95.2 cm³/mol. The van der Waals surface area contributed by atoms with E-state index < -0.39 is 35.2 Å². The number of benzene rings is 1. The number of nitrogens with zero attached hydrogens (tertiary/aromatic N) is 3. The lowest BCUT2D eigenvalue weighted by molar-refractivity contribution is -0.143. The van der Waals surface area contributed by atoms with Gasteiger partial charge in [0.1, 0.15) is 5.69 Å². The molecule has 30 heavy (non-hydrogen) atoms. The van der Waals surface area contributed by atoms with Crippen LogP contribution in [-0.2, 0) is 12.4 Å². The third-order valence-electron chi connectivity index (χ3n) is 4.39. The minimum absolute atomic E-state index is 0.129. The largest absolute Gasteiger partial charge is 0.434 e. The van der Waals surface area contributed by atoms with Crippen molar-refractivity contribution < 1.29 is 31.1 Å². The maximum atomic E-state index is 13.8. The highest BCUT2D eigenvalue weighted by Crippen LogP contribution is 2.35. The summed E-state index contributed by atoms with van der Waals surface area (Å²) >= 11 is 0. The third-order valence-corrected chi connectivity index (χ3v) is 4.39. The Hall–Kier alpha value is -3.37. The molecule has 0 bridgehead atoms. The zero-order valence-corrected chi connectivity index (χ0v) is 15.6. The van der Waals surface area contributed by atoms with E-state index in [1.807, 2.05) is 5.32 Å². The molecule has 0 spiro atoms. The molecular weight excluding hydrogens is 414 g/mol. The molecule has 3 aromatic rings. The summed E-state index contributed by atoms with van der Waals surface area (Å²) in [5, 5.41) is 5.76. The fourth-order valence-corrected chi connectivity index (χ4v) is 2.80. The topological polar surface area (TPSA) is 59.8 Å². The van der Waals surface area contributed by atoms with Gasteiger partial charge in [0.2, 0.25) is 0 Å². The molecule has 0 fully saturated rings. The van der Waals surface area contributed by atoms with E-state index in [9.17, 15) is 31.1 Å². The molecule has 0 aliphatic heterocycles. The van der Waals surface area contributed by atoms with Crippen LogP contribution in [0.2, 0.25) is 0 Å². The van der Waals surface area contributed by atoms with Gasteiger partial charge >= 0.3 is 12.4 Å². The summed E-state index contributed by atoms with van der Waals surface area (Å²) in [6.07, 6.45) is -8.20. The fourth-order valence-electron chi connectivity index (χ4n) is 2.80. The van der Waals surface area contributed by atoms with Crippen LogP contribution in [-0.4, -0.2) is 20.7 Å². The minimum Gasteiger partial charge on any atom is -0.322 e. The maximum Gasteiger partial charge on any atom is 0.434 e. The Morgan fingerprint density at radius 1 is 1.03 bits per heavy atom. The van der Waals surface area contributed by atoms with Crippen molar-refractivity contribution in [1.82, 2.24) is 14.8 Å². The van der Waals surface area contributed by atoms with Crippen molar-refractivity contribution in [2.24, 2.45) is 0 Å². The molecule has 5 nitrogen and oxygen atoms in total. The molecule has 2 heterocycles. The lowest BCUT2D eigenvalue weighted by Crippen LogP contribution is -2.21. The number of aromatic nitrogens is 3. The second-order valence-corrected chi connectivity index (χ2v) is 6.42. The molecule has 0 radical (unpaired) electrons. The van der Waals surface area contributed by atoms with E-state index in [4.69, 9.17) is 0 Å². The van der Waals surface area contributed by atoms with Crippen molar-refractivity contribution in [3.8, 4) is 5.69 Å². The molecule has 1 aromatic carbocycles. The first-order valence-corrected chi connectivity index (χ1v) is 8.46. The van der Waals surface area contributed by atoms with Crippen LogP contribution >= 0.6 is 0 Å². The Morgan fingerprint density at radius 3 is 2.37 bits per heavy atom. The van der Waals surface area contributed by atoms with Gasteiger partial charge in [-0.15, -0.1) is 0 Å². The lowest BCUT2D eigenvalue weighted by atomic mass is 10.1. The van der Waals surface area contributed by atoms with Gasteiger partial charge in [0.05, 0.1) is 17.4 Å². The quantitative estimate of drug-likeness (QED) is 0.586. The molecule has 2 aromatic heterocycles. The summed E-state index contributed by atoms with van der Waals surface area (Å²) in [5.74, 6) is -1.25. The molecule has 11 heteroatoms. The normalized spacial score (nSPS) is 12.1. The number of amides is 1. The van der Waals surface area contributed by atoms with Gasteiger partial charge in [0.25, 0.3) is 5.91 Å². The van der Waals surface area contributed by atoms with Crippen molar-refractivity contribution in [3.63, 3.8) is 0 Å². The standard InChI is InChI=1S/C19H14F6N4O/c1-10-4-3-5-14(11(10)2)29-16(19(23,24)25)13(9-27-29)17(30)28-12-6-7-26-15(8-12)18(20,21)22/h3-9H,1-2H3,(H,26,28,30). The first kappa shape index (κ1) is 21.3. The summed E-state index contributed by atoms with van der Waals surface area (Å²) in [5.41, 5.74) is -2.42. The average molecular weight is 428 g/mol. The van der Waals surface area contributed by atoms with Gasteiger partial charge in [-0.2, -0.15) is 31.4 Å². The van der Waals surface area contributed by atoms with Crippen LogP contribution in [0.5, 0.6) is 0 Å². The number of rotatable bonds is 3. The number of aryl methyl sites for hydroxylation is 1. The molecule has 0 atom stereocenters. The van der Waals surface area contributed by atoms with E-state index in [1.54, 1.807) is 26.0 Å². The number of halogens is 6. The van der Waals surface area contributed by atoms with E-state index in [0.29, 0.717) is 16.3 Å². The monoisotopic (exact) mass is 428 g/mol. The fraction of sp³-hybridized carbons (Fsp3) is 0.211. The van der Waals surface area contributed by atoms with E-state index >= 15 is 0 Å². The maximum absolute atomic E-state index is 13.8. The molecule has 0 saturated heterocycles. The Balaban J connectivity index is 2.04. The molecule has 1 N–H and O–H groups in total. The van der Waals surface area contributed by atoms with Gasteiger partial charge in [0.15, 0.2) is 5.69 Å². The van der Waals surface area contributed by atoms with Gasteiger partial charge in [0, 0.05) is 11.9 Å². The molecule has 158 valence electrons. The van der Waals surface area contributed by atoms with Gasteiger partial charge in [-0.05, 0) is 43.2 Å². The summed E-state index contributed by atoms with van der Waals surface area (Å²) in [6, 6.07) is 6.25. The van der Waals surface area contributed by atoms with E-state index in [1.165, 1.54) is 6.07 Å². The molecule has 0 saturated carbocycles. The Labute approximate surface area is 166 Å². The second-order valence-electron chi connectivity index (χ2n) is 6.42. The number of anilines is 1. The van der Waals surface area contributed by atoms with Gasteiger partial charge < -0.3 is 5.32 Å². The highest BCUT2D eigenvalue weighted by molar-refractivity contribution is 6.05. The number of hydrogen-bond acceptors (Lipinski definition) is 3. The average Bonchev–Trinajstić information content (AvgIpc) is 3.09. The van der Waals surface area contributed by atoms with Gasteiger partial charge in [-0.1, -0.05) is 12.1 Å². The number of alkyl halides is 6. The Kier molecular flexibility index (Phi) is 5.31. The number of hydrogen-bond donors (Lipinski definition) is 1. The summed E-state index contributed by atoms with van der Waals surface area (Å²) in [6.45, 7) is 3.33. The predicted octanol–water partition coefficient (Wildman–Crippen LogP) is 5.17. The summed E-state index contributed by atoms with van der Waals surface area (Å²) in [4.78, 5) is 15.6. The van der Waals surface area contributed by atoms with Crippen LogP contribution in [0, 0.1) is 13.8 Å². The first-order valence-electron chi connectivity index (χ1n) is 8.46. The van der Waals surface area contributed by atoms with Crippen LogP contribution in [0.25, 0.3) is 5.69 Å². The molecule has 0 unspecified atom stereocenters. The van der Waals surface area contributed by atoms with E-state index in [2.05, 4.69) is 10.1 Å². The molecular formula is C19H14F6N4O. The minimum atomic E-state index is -4.95. The second kappa shape index (κ2) is 7.47. The highest BCUT2D eigenvalue weighted by atomic mass is 19.4. The molecule has 0 aliphatic carbocycles. The Bertz CT molecular complexity index is 1100. The van der Waals surface area contributed by atoms with E-state index in [0.717, 1.165) is 24.0 Å². The number of nitrogens with one attached hydrogen (secondary N) is 1. The smallest absolute Gasteiger partial charge is 0.322 e. The lowest BCUT2D eigenvalue weighted by Gasteiger charge is -2.15. The van der Waals surface area contributed by atoms with E-state index in [-0.39, 0.29) is 11.4 Å². The van der Waals surface area contributed by atoms with Crippen molar-refractivity contribution in [3.05, 3.63) is 70.8 Å². The van der Waals surface area contributed by atoms with Crippen LogP contribution in [0.4, 0.5) is 32.0 Å². The number of carbonyl (C=O) groups is 1. The molecule has 3 rings (SSSR count). The SMILES string of the molecule is Cc1cccc(-n2ncc(C(=O)Nc3ccnc(C(F)(F)F)c3)c2C(F)(F)F)c1C. The van der Waals surface area contributed by atoms with Crippen molar-refractivity contribution in [2.45, 2.75) is 26.2 Å². The van der Waals surface area contributed by atoms with Crippen LogP contribution in [0.1, 0.15) is 32.9 Å². The zero-order valence-electron chi connectivity index (χ0n) is 15.6. The number of pyridine rings is 1. The zero-order chi connectivity index (χ0) is 22.3. The van der Waals surface area contributed by atoms with Gasteiger partial charge in [-0.3, -0.25) is 9.78 Å². The van der Waals surface area contributed by atoms with Crippen molar-refractivity contribution >= 4 is 11.6 Å². The first-order chi connectivity index (χ1) is 13.9. The summed E-state index contributed by atoms with van der Waals surface area (Å²) < 4.78 is 80.3. The van der Waals surface area contributed by atoms with Crippen LogP contribution in [0.15, 0.2) is 42.7 Å². The van der Waals surface area contributed by atoms with Crippen LogP contribution in [0.3, 0.4) is 0 Å². The van der Waals surface area contributed by atoms with Crippen molar-refractivity contribution in [1.29, 1.82) is 0 Å². The van der Waals surface area contributed by atoms with Crippen LogP contribution < -0.4 is 5.32 Å². The summed E-state index contributed by atoms with van der Waals surface area (Å²) in [7, 11) is 0.